The maximum absolute atomic E-state index is 12.6. The van der Waals surface area contributed by atoms with Crippen LogP contribution in [0.3, 0.4) is 0 Å². The van der Waals surface area contributed by atoms with Gasteiger partial charge in [-0.3, -0.25) is 4.72 Å². The quantitative estimate of drug-likeness (QED) is 0.800. The predicted molar refractivity (Wildman–Crippen MR) is 81.5 cm³/mol. The molecule has 1 N–H and O–H groups in total. The van der Waals surface area contributed by atoms with Gasteiger partial charge in [-0.05, 0) is 39.8 Å². The summed E-state index contributed by atoms with van der Waals surface area (Å²) in [5, 5.41) is 3.69. The van der Waals surface area contributed by atoms with Crippen molar-refractivity contribution in [3.8, 4) is 0 Å². The Morgan fingerprint density at radius 2 is 1.91 bits per heavy atom. The van der Waals surface area contributed by atoms with Gasteiger partial charge in [0.15, 0.2) is 16.3 Å². The minimum Gasteiger partial charge on any atom is -0.360 e. The van der Waals surface area contributed by atoms with E-state index in [1.807, 2.05) is 24.4 Å². The van der Waals surface area contributed by atoms with Crippen LogP contribution < -0.4 is 4.72 Å². The van der Waals surface area contributed by atoms with Crippen LogP contribution in [0.4, 0.5) is 5.69 Å². The van der Waals surface area contributed by atoms with Crippen LogP contribution in [0.25, 0.3) is 5.65 Å². The highest BCUT2D eigenvalue weighted by molar-refractivity contribution is 7.92. The molecule has 3 heterocycles. The van der Waals surface area contributed by atoms with Gasteiger partial charge >= 0.3 is 0 Å². The fraction of sp³-hybridized carbons (Fsp3) is 0.286. The molecule has 0 aliphatic carbocycles. The van der Waals surface area contributed by atoms with Crippen LogP contribution in [-0.4, -0.2) is 23.0 Å². The van der Waals surface area contributed by atoms with Gasteiger partial charge in [-0.2, -0.15) is 0 Å². The Labute approximate surface area is 128 Å². The zero-order valence-electron chi connectivity index (χ0n) is 12.7. The molecule has 0 saturated carbocycles. The minimum atomic E-state index is -3.79. The van der Waals surface area contributed by atoms with E-state index in [0.717, 1.165) is 11.4 Å². The van der Waals surface area contributed by atoms with Crippen molar-refractivity contribution in [3.05, 3.63) is 41.2 Å². The molecular formula is C14H16N4O3S. The van der Waals surface area contributed by atoms with E-state index in [1.54, 1.807) is 26.0 Å². The molecule has 0 bridgehead atoms. The molecule has 0 aromatic carbocycles. The van der Waals surface area contributed by atoms with Crippen molar-refractivity contribution in [1.29, 1.82) is 0 Å². The van der Waals surface area contributed by atoms with E-state index in [4.69, 9.17) is 4.52 Å². The average Bonchev–Trinajstić information content (AvgIpc) is 2.92. The second-order valence-corrected chi connectivity index (χ2v) is 6.78. The summed E-state index contributed by atoms with van der Waals surface area (Å²) < 4.78 is 34.5. The van der Waals surface area contributed by atoms with Gasteiger partial charge in [0.2, 0.25) is 0 Å². The summed E-state index contributed by atoms with van der Waals surface area (Å²) in [6.07, 6.45) is 1.85. The molecule has 7 nitrogen and oxygen atoms in total. The van der Waals surface area contributed by atoms with Gasteiger partial charge in [-0.15, -0.1) is 0 Å². The molecule has 8 heteroatoms. The number of hydrogen-bond donors (Lipinski definition) is 1. The van der Waals surface area contributed by atoms with E-state index in [-0.39, 0.29) is 10.7 Å². The van der Waals surface area contributed by atoms with Crippen LogP contribution in [0, 0.1) is 27.7 Å². The summed E-state index contributed by atoms with van der Waals surface area (Å²) in [5.41, 5.74) is 3.12. The molecule has 0 amide bonds. The van der Waals surface area contributed by atoms with Crippen LogP contribution in [0.15, 0.2) is 27.7 Å². The van der Waals surface area contributed by atoms with Crippen LogP contribution in [-0.2, 0) is 10.0 Å². The topological polar surface area (TPSA) is 89.5 Å². The largest absolute Gasteiger partial charge is 0.360 e. The number of sulfonamides is 1. The fourth-order valence-corrected chi connectivity index (χ4v) is 3.83. The number of anilines is 1. The fourth-order valence-electron chi connectivity index (χ4n) is 2.43. The molecule has 0 saturated heterocycles. The van der Waals surface area contributed by atoms with Crippen molar-refractivity contribution in [2.24, 2.45) is 0 Å². The lowest BCUT2D eigenvalue weighted by atomic mass is 10.4. The smallest absolute Gasteiger partial charge is 0.267 e. The zero-order chi connectivity index (χ0) is 16.1. The highest BCUT2D eigenvalue weighted by Gasteiger charge is 2.25. The maximum atomic E-state index is 12.6. The Balaban J connectivity index is 2.12. The second-order valence-electron chi connectivity index (χ2n) is 5.16. The molecular weight excluding hydrogens is 304 g/mol. The van der Waals surface area contributed by atoms with Crippen LogP contribution >= 0.6 is 0 Å². The summed E-state index contributed by atoms with van der Waals surface area (Å²) in [7, 11) is -3.79. The van der Waals surface area contributed by atoms with Gasteiger partial charge in [-0.1, -0.05) is 5.16 Å². The third-order valence-corrected chi connectivity index (χ3v) is 5.22. The third-order valence-electron chi connectivity index (χ3n) is 3.61. The molecule has 0 atom stereocenters. The molecule has 0 spiro atoms. The molecule has 0 aliphatic rings. The average molecular weight is 320 g/mol. The minimum absolute atomic E-state index is 0.0644. The van der Waals surface area contributed by atoms with E-state index in [9.17, 15) is 8.42 Å². The van der Waals surface area contributed by atoms with Crippen molar-refractivity contribution in [2.75, 3.05) is 4.72 Å². The molecule has 0 fully saturated rings. The Morgan fingerprint density at radius 3 is 2.55 bits per heavy atom. The molecule has 3 rings (SSSR count). The van der Waals surface area contributed by atoms with E-state index in [1.165, 1.54) is 0 Å². The number of aromatic nitrogens is 3. The Morgan fingerprint density at radius 1 is 1.18 bits per heavy atom. The molecule has 3 aromatic rings. The lowest BCUT2D eigenvalue weighted by Gasteiger charge is -2.08. The zero-order valence-corrected chi connectivity index (χ0v) is 13.5. The third kappa shape index (κ3) is 2.16. The number of rotatable bonds is 3. The van der Waals surface area contributed by atoms with E-state index >= 15 is 0 Å². The van der Waals surface area contributed by atoms with Crippen molar-refractivity contribution in [2.45, 2.75) is 32.6 Å². The van der Waals surface area contributed by atoms with Gasteiger partial charge in [-0.25, -0.2) is 13.4 Å². The van der Waals surface area contributed by atoms with Gasteiger partial charge in [0, 0.05) is 11.9 Å². The van der Waals surface area contributed by atoms with Crippen molar-refractivity contribution in [1.82, 2.24) is 14.5 Å². The molecule has 0 aliphatic heterocycles. The lowest BCUT2D eigenvalue weighted by Crippen LogP contribution is -2.15. The number of hydrogen-bond acceptors (Lipinski definition) is 5. The van der Waals surface area contributed by atoms with E-state index < -0.39 is 10.0 Å². The molecule has 3 aromatic heterocycles. The van der Waals surface area contributed by atoms with Crippen LogP contribution in [0.5, 0.6) is 0 Å². The number of nitrogens with zero attached hydrogens (tertiary/aromatic N) is 3. The Hall–Kier alpha value is -2.35. The van der Waals surface area contributed by atoms with E-state index in [2.05, 4.69) is 14.9 Å². The predicted octanol–water partition coefficient (Wildman–Crippen LogP) is 2.36. The summed E-state index contributed by atoms with van der Waals surface area (Å²) in [6.45, 7) is 6.98. The normalized spacial score (nSPS) is 12.0. The summed E-state index contributed by atoms with van der Waals surface area (Å²) >= 11 is 0. The second kappa shape index (κ2) is 4.84. The molecule has 22 heavy (non-hydrogen) atoms. The van der Waals surface area contributed by atoms with E-state index in [0.29, 0.717) is 17.0 Å². The van der Waals surface area contributed by atoms with Crippen molar-refractivity contribution >= 4 is 21.4 Å². The summed E-state index contributed by atoms with van der Waals surface area (Å²) in [4.78, 5) is 4.48. The number of aryl methyl sites for hydroxylation is 4. The van der Waals surface area contributed by atoms with Gasteiger partial charge < -0.3 is 8.92 Å². The van der Waals surface area contributed by atoms with Crippen LogP contribution in [0.1, 0.15) is 22.8 Å². The first-order valence-corrected chi connectivity index (χ1v) is 8.19. The number of nitrogens with one attached hydrogen (secondary N) is 1. The first-order chi connectivity index (χ1) is 10.3. The standard InChI is InChI=1S/C14H16N4O3S/c1-8-10(3)18-7-5-6-12(14(18)15-8)17-22(19,20)13-9(2)16-21-11(13)4/h5-7,17H,1-4H3. The first-order valence-electron chi connectivity index (χ1n) is 6.71. The van der Waals surface area contributed by atoms with Gasteiger partial charge in [0.05, 0.1) is 11.4 Å². The SMILES string of the molecule is Cc1noc(C)c1S(=O)(=O)Nc1cccn2c(C)c(C)nc12. The number of fused-ring (bicyclic) bond motifs is 1. The Bertz CT molecular complexity index is 950. The first kappa shape index (κ1) is 14.6. The van der Waals surface area contributed by atoms with Gasteiger partial charge in [0.1, 0.15) is 5.69 Å². The molecule has 0 unspecified atom stereocenters. The molecule has 0 radical (unpaired) electrons. The lowest BCUT2D eigenvalue weighted by molar-refractivity contribution is 0.390. The monoisotopic (exact) mass is 320 g/mol. The van der Waals surface area contributed by atoms with Crippen molar-refractivity contribution in [3.63, 3.8) is 0 Å². The van der Waals surface area contributed by atoms with Gasteiger partial charge in [0.25, 0.3) is 10.0 Å². The number of imidazole rings is 1. The Kier molecular flexibility index (Phi) is 3.21. The van der Waals surface area contributed by atoms with Crippen molar-refractivity contribution < 1.29 is 12.9 Å². The highest BCUT2D eigenvalue weighted by Crippen LogP contribution is 2.25. The summed E-state index contributed by atoms with van der Waals surface area (Å²) in [6, 6.07) is 3.45. The highest BCUT2D eigenvalue weighted by atomic mass is 32.2. The number of pyridine rings is 1. The summed E-state index contributed by atoms with van der Waals surface area (Å²) in [5.74, 6) is 0.257. The maximum Gasteiger partial charge on any atom is 0.267 e. The molecule has 116 valence electrons. The van der Waals surface area contributed by atoms with Crippen LogP contribution in [0.2, 0.25) is 0 Å².